The van der Waals surface area contributed by atoms with Gasteiger partial charge in [0.2, 0.25) is 0 Å². The lowest BCUT2D eigenvalue weighted by molar-refractivity contribution is 0.586. The molecule has 0 unspecified atom stereocenters. The van der Waals surface area contributed by atoms with Gasteiger partial charge in [0.25, 0.3) is 0 Å². The molecule has 5 heteroatoms. The van der Waals surface area contributed by atoms with E-state index >= 15 is 0 Å². The van der Waals surface area contributed by atoms with Crippen molar-refractivity contribution in [3.63, 3.8) is 0 Å². The van der Waals surface area contributed by atoms with Crippen molar-refractivity contribution >= 4 is 33.9 Å². The Morgan fingerprint density at radius 1 is 1.00 bits per heavy atom. The fourth-order valence-electron chi connectivity index (χ4n) is 1.98. The van der Waals surface area contributed by atoms with E-state index in [1.807, 2.05) is 24.3 Å². The normalized spacial score (nSPS) is 10.8. The van der Waals surface area contributed by atoms with Crippen LogP contribution in [0.2, 0.25) is 5.15 Å². The van der Waals surface area contributed by atoms with E-state index in [2.05, 4.69) is 10.3 Å². The second-order valence-electron chi connectivity index (χ2n) is 4.26. The Kier molecular flexibility index (Phi) is 3.24. The van der Waals surface area contributed by atoms with Crippen LogP contribution in [0.5, 0.6) is 0 Å². The third kappa shape index (κ3) is 2.42. The Morgan fingerprint density at radius 3 is 2.60 bits per heavy atom. The molecule has 0 radical (unpaired) electrons. The number of rotatable bonds is 2. The average molecular weight is 291 g/mol. The number of benzene rings is 2. The summed E-state index contributed by atoms with van der Waals surface area (Å²) in [7, 11) is 0. The van der Waals surface area contributed by atoms with Crippen molar-refractivity contribution < 1.29 is 8.78 Å². The molecule has 0 fully saturated rings. The third-order valence-corrected chi connectivity index (χ3v) is 3.09. The van der Waals surface area contributed by atoms with Crippen LogP contribution in [-0.4, -0.2) is 4.98 Å². The molecule has 20 heavy (non-hydrogen) atoms. The number of hydrogen-bond acceptors (Lipinski definition) is 2. The van der Waals surface area contributed by atoms with E-state index < -0.39 is 11.6 Å². The summed E-state index contributed by atoms with van der Waals surface area (Å²) in [5, 5.41) is 4.84. The SMILES string of the molecule is Fc1ccc(Nc2nc(Cl)cc3ccccc23)c(F)c1. The number of fused-ring (bicyclic) bond motifs is 1. The van der Waals surface area contributed by atoms with E-state index in [0.29, 0.717) is 11.0 Å². The molecule has 0 bridgehead atoms. The van der Waals surface area contributed by atoms with Gasteiger partial charge in [0.1, 0.15) is 22.6 Å². The van der Waals surface area contributed by atoms with Gasteiger partial charge in [0, 0.05) is 11.5 Å². The second kappa shape index (κ2) is 5.06. The summed E-state index contributed by atoms with van der Waals surface area (Å²) in [6.07, 6.45) is 0. The minimum absolute atomic E-state index is 0.145. The molecule has 0 saturated heterocycles. The highest BCUT2D eigenvalue weighted by Gasteiger charge is 2.08. The highest BCUT2D eigenvalue weighted by Crippen LogP contribution is 2.28. The molecule has 0 aliphatic rings. The molecule has 2 aromatic carbocycles. The van der Waals surface area contributed by atoms with Crippen LogP contribution in [0.3, 0.4) is 0 Å². The number of pyridine rings is 1. The van der Waals surface area contributed by atoms with Crippen LogP contribution >= 0.6 is 11.6 Å². The second-order valence-corrected chi connectivity index (χ2v) is 4.65. The monoisotopic (exact) mass is 290 g/mol. The van der Waals surface area contributed by atoms with E-state index in [0.717, 1.165) is 16.8 Å². The minimum atomic E-state index is -0.684. The largest absolute Gasteiger partial charge is 0.337 e. The molecule has 3 rings (SSSR count). The van der Waals surface area contributed by atoms with Gasteiger partial charge in [0.15, 0.2) is 0 Å². The Labute approximate surface area is 119 Å². The van der Waals surface area contributed by atoms with E-state index in [9.17, 15) is 8.78 Å². The lowest BCUT2D eigenvalue weighted by atomic mass is 10.1. The first-order valence-corrected chi connectivity index (χ1v) is 6.28. The van der Waals surface area contributed by atoms with E-state index in [1.165, 1.54) is 12.1 Å². The maximum absolute atomic E-state index is 13.7. The van der Waals surface area contributed by atoms with Gasteiger partial charge < -0.3 is 5.32 Å². The summed E-state index contributed by atoms with van der Waals surface area (Å²) in [6.45, 7) is 0. The van der Waals surface area contributed by atoms with Crippen LogP contribution < -0.4 is 5.32 Å². The smallest absolute Gasteiger partial charge is 0.149 e. The van der Waals surface area contributed by atoms with Crippen molar-refractivity contribution in [3.05, 3.63) is 65.3 Å². The van der Waals surface area contributed by atoms with Gasteiger partial charge in [-0.1, -0.05) is 35.9 Å². The van der Waals surface area contributed by atoms with Crippen LogP contribution in [0.25, 0.3) is 10.8 Å². The first-order valence-electron chi connectivity index (χ1n) is 5.91. The van der Waals surface area contributed by atoms with Crippen LogP contribution in [0, 0.1) is 11.6 Å². The Hall–Kier alpha value is -2.20. The van der Waals surface area contributed by atoms with Crippen LogP contribution in [0.1, 0.15) is 0 Å². The third-order valence-electron chi connectivity index (χ3n) is 2.89. The van der Waals surface area contributed by atoms with Gasteiger partial charge in [-0.05, 0) is 23.6 Å². The Bertz CT molecular complexity index is 790. The van der Waals surface area contributed by atoms with Crippen molar-refractivity contribution in [1.82, 2.24) is 4.98 Å². The van der Waals surface area contributed by atoms with Gasteiger partial charge in [-0.3, -0.25) is 0 Å². The zero-order valence-electron chi connectivity index (χ0n) is 10.2. The molecule has 100 valence electrons. The molecule has 1 aromatic heterocycles. The van der Waals surface area contributed by atoms with Crippen molar-refractivity contribution in [3.8, 4) is 0 Å². The first kappa shape index (κ1) is 12.8. The summed E-state index contributed by atoms with van der Waals surface area (Å²) in [5.74, 6) is -0.883. The molecule has 2 nitrogen and oxygen atoms in total. The van der Waals surface area contributed by atoms with Crippen molar-refractivity contribution in [2.45, 2.75) is 0 Å². The summed E-state index contributed by atoms with van der Waals surface area (Å²) in [6, 6.07) is 12.5. The molecular formula is C15H9ClF2N2. The van der Waals surface area contributed by atoms with Gasteiger partial charge in [0.05, 0.1) is 5.69 Å². The van der Waals surface area contributed by atoms with Crippen molar-refractivity contribution in [2.24, 2.45) is 0 Å². The first-order chi connectivity index (χ1) is 9.63. The standard InChI is InChI=1S/C15H9ClF2N2/c16-14-7-9-3-1-2-4-11(9)15(20-14)19-13-6-5-10(17)8-12(13)18/h1-8H,(H,19,20). The molecule has 0 aliphatic heterocycles. The van der Waals surface area contributed by atoms with Crippen molar-refractivity contribution in [1.29, 1.82) is 0 Å². The molecule has 1 N–H and O–H groups in total. The Balaban J connectivity index is 2.10. The Morgan fingerprint density at radius 2 is 1.80 bits per heavy atom. The molecular weight excluding hydrogens is 282 g/mol. The molecule has 0 atom stereocenters. The van der Waals surface area contributed by atoms with E-state index in [4.69, 9.17) is 11.6 Å². The molecule has 0 aliphatic carbocycles. The summed E-state index contributed by atoms with van der Waals surface area (Å²) >= 11 is 5.95. The number of aromatic nitrogens is 1. The van der Waals surface area contributed by atoms with E-state index in [1.54, 1.807) is 6.07 Å². The number of nitrogens with zero attached hydrogens (tertiary/aromatic N) is 1. The summed E-state index contributed by atoms with van der Waals surface area (Å²) < 4.78 is 26.6. The molecule has 1 heterocycles. The zero-order chi connectivity index (χ0) is 14.1. The van der Waals surface area contributed by atoms with E-state index in [-0.39, 0.29) is 5.69 Å². The number of hydrogen-bond donors (Lipinski definition) is 1. The zero-order valence-corrected chi connectivity index (χ0v) is 11.0. The lowest BCUT2D eigenvalue weighted by Crippen LogP contribution is -1.98. The van der Waals surface area contributed by atoms with Crippen LogP contribution in [0.4, 0.5) is 20.3 Å². The molecule has 0 amide bonds. The highest BCUT2D eigenvalue weighted by atomic mass is 35.5. The van der Waals surface area contributed by atoms with Crippen LogP contribution in [-0.2, 0) is 0 Å². The summed E-state index contributed by atoms with van der Waals surface area (Å²) in [5.41, 5.74) is 0.145. The van der Waals surface area contributed by atoms with Gasteiger partial charge >= 0.3 is 0 Å². The fraction of sp³-hybridized carbons (Fsp3) is 0. The minimum Gasteiger partial charge on any atom is -0.337 e. The fourth-order valence-corrected chi connectivity index (χ4v) is 2.18. The molecule has 0 spiro atoms. The van der Waals surface area contributed by atoms with Crippen molar-refractivity contribution in [2.75, 3.05) is 5.32 Å². The number of anilines is 2. The van der Waals surface area contributed by atoms with Gasteiger partial charge in [-0.25, -0.2) is 13.8 Å². The van der Waals surface area contributed by atoms with Gasteiger partial charge in [-0.15, -0.1) is 0 Å². The highest BCUT2D eigenvalue weighted by molar-refractivity contribution is 6.30. The predicted octanol–water partition coefficient (Wildman–Crippen LogP) is 4.91. The van der Waals surface area contributed by atoms with Gasteiger partial charge in [-0.2, -0.15) is 0 Å². The maximum Gasteiger partial charge on any atom is 0.149 e. The maximum atomic E-state index is 13.7. The lowest BCUT2D eigenvalue weighted by Gasteiger charge is -2.10. The van der Waals surface area contributed by atoms with Crippen LogP contribution in [0.15, 0.2) is 48.5 Å². The average Bonchev–Trinajstić information content (AvgIpc) is 2.41. The number of halogens is 3. The quantitative estimate of drug-likeness (QED) is 0.678. The number of nitrogens with one attached hydrogen (secondary N) is 1. The molecule has 3 aromatic rings. The summed E-state index contributed by atoms with van der Waals surface area (Å²) in [4.78, 5) is 4.15. The topological polar surface area (TPSA) is 24.9 Å². The predicted molar refractivity (Wildman–Crippen MR) is 76.4 cm³/mol. The molecule has 0 saturated carbocycles.